The topological polar surface area (TPSA) is 3.24 Å². The molecule has 64 valence electrons. The summed E-state index contributed by atoms with van der Waals surface area (Å²) in [5, 5.41) is 0. The third-order valence-electron chi connectivity index (χ3n) is 3.18. The first kappa shape index (κ1) is 7.93. The molecular formula is C9H17NS. The fourth-order valence-electron chi connectivity index (χ4n) is 2.46. The first-order valence-corrected chi connectivity index (χ1v) is 5.91. The summed E-state index contributed by atoms with van der Waals surface area (Å²) in [6.45, 7) is 1.38. The van der Waals surface area contributed by atoms with E-state index in [0.29, 0.717) is 0 Å². The minimum absolute atomic E-state index is 0.937. The molecule has 0 spiro atoms. The van der Waals surface area contributed by atoms with Gasteiger partial charge in [-0.05, 0) is 43.7 Å². The van der Waals surface area contributed by atoms with Crippen molar-refractivity contribution in [1.82, 2.24) is 4.90 Å². The van der Waals surface area contributed by atoms with Crippen LogP contribution in [0.1, 0.15) is 12.8 Å². The first-order valence-electron chi connectivity index (χ1n) is 4.52. The van der Waals surface area contributed by atoms with Crippen LogP contribution in [0.5, 0.6) is 0 Å². The lowest BCUT2D eigenvalue weighted by molar-refractivity contribution is 0.264. The van der Waals surface area contributed by atoms with Crippen LogP contribution in [-0.2, 0) is 0 Å². The van der Waals surface area contributed by atoms with Crippen molar-refractivity contribution >= 4 is 11.8 Å². The molecule has 0 radical (unpaired) electrons. The Balaban J connectivity index is 1.81. The average Bonchev–Trinajstić information content (AvgIpc) is 2.64. The van der Waals surface area contributed by atoms with E-state index in [1.807, 2.05) is 11.8 Å². The third kappa shape index (κ3) is 1.43. The van der Waals surface area contributed by atoms with Gasteiger partial charge in [-0.15, -0.1) is 0 Å². The van der Waals surface area contributed by atoms with Crippen molar-refractivity contribution < 1.29 is 0 Å². The zero-order valence-corrected chi connectivity index (χ0v) is 8.23. The lowest BCUT2D eigenvalue weighted by Crippen LogP contribution is -2.29. The van der Waals surface area contributed by atoms with Crippen LogP contribution in [0.2, 0.25) is 0 Å². The van der Waals surface area contributed by atoms with Gasteiger partial charge in [0.1, 0.15) is 0 Å². The SMILES string of the molecule is CSCCC1C2CC2CN1C. The summed E-state index contributed by atoms with van der Waals surface area (Å²) in [6.07, 6.45) is 5.15. The number of nitrogens with zero attached hydrogens (tertiary/aromatic N) is 1. The molecule has 1 saturated heterocycles. The number of rotatable bonds is 3. The predicted octanol–water partition coefficient (Wildman–Crippen LogP) is 1.69. The highest BCUT2D eigenvalue weighted by atomic mass is 32.2. The molecule has 0 N–H and O–H groups in total. The molecule has 11 heavy (non-hydrogen) atoms. The predicted molar refractivity (Wildman–Crippen MR) is 51.0 cm³/mol. The maximum absolute atomic E-state index is 2.56. The van der Waals surface area contributed by atoms with Crippen molar-refractivity contribution in [3.8, 4) is 0 Å². The van der Waals surface area contributed by atoms with Gasteiger partial charge < -0.3 is 4.90 Å². The van der Waals surface area contributed by atoms with Crippen molar-refractivity contribution in [2.45, 2.75) is 18.9 Å². The Morgan fingerprint density at radius 2 is 2.36 bits per heavy atom. The Kier molecular flexibility index (Phi) is 2.15. The second-order valence-electron chi connectivity index (χ2n) is 3.95. The molecule has 1 saturated carbocycles. The summed E-state index contributed by atoms with van der Waals surface area (Å²) in [7, 11) is 2.29. The largest absolute Gasteiger partial charge is 0.303 e. The van der Waals surface area contributed by atoms with Crippen molar-refractivity contribution in [2.75, 3.05) is 25.6 Å². The van der Waals surface area contributed by atoms with Crippen molar-refractivity contribution in [2.24, 2.45) is 11.8 Å². The van der Waals surface area contributed by atoms with Gasteiger partial charge in [0.05, 0.1) is 0 Å². The van der Waals surface area contributed by atoms with Gasteiger partial charge in [0.15, 0.2) is 0 Å². The Labute approximate surface area is 73.5 Å². The molecule has 0 aromatic carbocycles. The Bertz CT molecular complexity index is 146. The van der Waals surface area contributed by atoms with E-state index < -0.39 is 0 Å². The highest BCUT2D eigenvalue weighted by Crippen LogP contribution is 2.49. The minimum atomic E-state index is 0.937. The number of likely N-dealkylation sites (tertiary alicyclic amines) is 1. The van der Waals surface area contributed by atoms with Crippen LogP contribution >= 0.6 is 11.8 Å². The lowest BCUT2D eigenvalue weighted by Gasteiger charge is -2.22. The van der Waals surface area contributed by atoms with Crippen molar-refractivity contribution in [3.05, 3.63) is 0 Å². The van der Waals surface area contributed by atoms with E-state index in [2.05, 4.69) is 18.2 Å². The second-order valence-corrected chi connectivity index (χ2v) is 4.93. The van der Waals surface area contributed by atoms with Crippen LogP contribution in [0.3, 0.4) is 0 Å². The summed E-state index contributed by atoms with van der Waals surface area (Å²) in [5.41, 5.74) is 0. The molecule has 2 heteroatoms. The summed E-state index contributed by atoms with van der Waals surface area (Å²) >= 11 is 1.98. The molecule has 0 aromatic heterocycles. The van der Waals surface area contributed by atoms with Gasteiger partial charge in [-0.2, -0.15) is 11.8 Å². The molecule has 1 heterocycles. The number of hydrogen-bond donors (Lipinski definition) is 0. The maximum atomic E-state index is 2.56. The highest BCUT2D eigenvalue weighted by molar-refractivity contribution is 7.98. The molecule has 0 amide bonds. The van der Waals surface area contributed by atoms with Gasteiger partial charge in [-0.25, -0.2) is 0 Å². The fraction of sp³-hybridized carbons (Fsp3) is 1.00. The van der Waals surface area contributed by atoms with E-state index in [9.17, 15) is 0 Å². The van der Waals surface area contributed by atoms with Crippen LogP contribution in [-0.4, -0.2) is 36.5 Å². The third-order valence-corrected chi connectivity index (χ3v) is 3.82. The molecule has 3 unspecified atom stereocenters. The van der Waals surface area contributed by atoms with Crippen LogP contribution in [0, 0.1) is 11.8 Å². The van der Waals surface area contributed by atoms with Crippen molar-refractivity contribution in [3.63, 3.8) is 0 Å². The Morgan fingerprint density at radius 3 is 2.91 bits per heavy atom. The molecule has 1 aliphatic carbocycles. The first-order chi connectivity index (χ1) is 5.33. The number of fused-ring (bicyclic) bond motifs is 1. The highest BCUT2D eigenvalue weighted by Gasteiger charge is 2.50. The smallest absolute Gasteiger partial charge is 0.0132 e. The van der Waals surface area contributed by atoms with Crippen LogP contribution in [0.25, 0.3) is 0 Å². The van der Waals surface area contributed by atoms with Gasteiger partial charge in [-0.3, -0.25) is 0 Å². The average molecular weight is 171 g/mol. The summed E-state index contributed by atoms with van der Waals surface area (Å²) in [4.78, 5) is 2.56. The lowest BCUT2D eigenvalue weighted by atomic mass is 10.1. The molecule has 2 aliphatic rings. The molecule has 2 fully saturated rings. The summed E-state index contributed by atoms with van der Waals surface area (Å²) < 4.78 is 0. The van der Waals surface area contributed by atoms with Crippen molar-refractivity contribution in [1.29, 1.82) is 0 Å². The van der Waals surface area contributed by atoms with Gasteiger partial charge in [0.25, 0.3) is 0 Å². The number of piperidine rings is 1. The number of thioether (sulfide) groups is 1. The molecule has 1 aliphatic heterocycles. The summed E-state index contributed by atoms with van der Waals surface area (Å²) in [5.74, 6) is 3.53. The van der Waals surface area contributed by atoms with E-state index >= 15 is 0 Å². The summed E-state index contributed by atoms with van der Waals surface area (Å²) in [6, 6.07) is 0.937. The Morgan fingerprint density at radius 1 is 1.55 bits per heavy atom. The monoisotopic (exact) mass is 171 g/mol. The Hall–Kier alpha value is 0.310. The van der Waals surface area contributed by atoms with Gasteiger partial charge in [-0.1, -0.05) is 0 Å². The van der Waals surface area contributed by atoms with E-state index in [1.54, 1.807) is 0 Å². The zero-order valence-electron chi connectivity index (χ0n) is 7.42. The van der Waals surface area contributed by atoms with Gasteiger partial charge in [0.2, 0.25) is 0 Å². The van der Waals surface area contributed by atoms with Gasteiger partial charge in [0, 0.05) is 12.6 Å². The zero-order chi connectivity index (χ0) is 7.84. The molecule has 3 atom stereocenters. The fourth-order valence-corrected chi connectivity index (χ4v) is 2.93. The van der Waals surface area contributed by atoms with Gasteiger partial charge >= 0.3 is 0 Å². The van der Waals surface area contributed by atoms with E-state index in [-0.39, 0.29) is 0 Å². The molecule has 0 bridgehead atoms. The van der Waals surface area contributed by atoms with E-state index in [1.165, 1.54) is 25.1 Å². The van der Waals surface area contributed by atoms with Crippen LogP contribution < -0.4 is 0 Å². The van der Waals surface area contributed by atoms with E-state index in [0.717, 1.165) is 17.9 Å². The standard InChI is InChI=1S/C9H17NS/c1-10-6-7-5-8(7)9(10)3-4-11-2/h7-9H,3-6H2,1-2H3. The minimum Gasteiger partial charge on any atom is -0.303 e. The maximum Gasteiger partial charge on any atom is 0.0132 e. The normalized spacial score (nSPS) is 42.5. The molecule has 1 nitrogen and oxygen atoms in total. The number of hydrogen-bond acceptors (Lipinski definition) is 2. The van der Waals surface area contributed by atoms with Crippen LogP contribution in [0.15, 0.2) is 0 Å². The molecule has 0 aromatic rings. The molecular weight excluding hydrogens is 154 g/mol. The van der Waals surface area contributed by atoms with E-state index in [4.69, 9.17) is 0 Å². The quantitative estimate of drug-likeness (QED) is 0.636. The molecule has 2 rings (SSSR count). The van der Waals surface area contributed by atoms with Crippen LogP contribution in [0.4, 0.5) is 0 Å². The second kappa shape index (κ2) is 2.98.